The van der Waals surface area contributed by atoms with Gasteiger partial charge >= 0.3 is 0 Å². The number of benzene rings is 1. The Morgan fingerprint density at radius 2 is 2.06 bits per heavy atom. The number of aryl methyl sites for hydroxylation is 1. The van der Waals surface area contributed by atoms with E-state index in [9.17, 15) is 0 Å². The molecule has 0 radical (unpaired) electrons. The van der Waals surface area contributed by atoms with Gasteiger partial charge in [-0.1, -0.05) is 25.4 Å². The Kier molecular flexibility index (Phi) is 6.76. The van der Waals surface area contributed by atoms with Crippen molar-refractivity contribution in [3.8, 4) is 5.75 Å². The lowest BCUT2D eigenvalue weighted by atomic mass is 10.1. The van der Waals surface area contributed by atoms with Gasteiger partial charge in [0.25, 0.3) is 0 Å². The van der Waals surface area contributed by atoms with E-state index < -0.39 is 0 Å². The van der Waals surface area contributed by atoms with Gasteiger partial charge in [-0.3, -0.25) is 0 Å². The lowest BCUT2D eigenvalue weighted by molar-refractivity contribution is 0.282. The number of hydrogen-bond donors (Lipinski definition) is 0. The molecule has 0 aliphatic carbocycles. The fourth-order valence-electron chi connectivity index (χ4n) is 1.62. The standard InChI is InChI=1S/C14H20Cl2O/c1-3-12-10-13(4-5-14(12)16)17-9-7-11(2)6-8-15/h4-5,10-11H,3,6-9H2,1-2H3. The maximum atomic E-state index is 6.05. The van der Waals surface area contributed by atoms with Gasteiger partial charge in [0.2, 0.25) is 0 Å². The van der Waals surface area contributed by atoms with E-state index in [1.807, 2.05) is 18.2 Å². The van der Waals surface area contributed by atoms with Crippen molar-refractivity contribution >= 4 is 23.2 Å². The molecule has 96 valence electrons. The minimum Gasteiger partial charge on any atom is -0.494 e. The van der Waals surface area contributed by atoms with Gasteiger partial charge in [-0.25, -0.2) is 0 Å². The van der Waals surface area contributed by atoms with E-state index in [-0.39, 0.29) is 0 Å². The second kappa shape index (κ2) is 7.84. The third-order valence-electron chi connectivity index (χ3n) is 2.88. The Balaban J connectivity index is 2.41. The Hall–Kier alpha value is -0.400. The van der Waals surface area contributed by atoms with Crippen LogP contribution in [0.15, 0.2) is 18.2 Å². The lowest BCUT2D eigenvalue weighted by Gasteiger charge is -2.12. The minimum absolute atomic E-state index is 0.616. The van der Waals surface area contributed by atoms with E-state index in [1.54, 1.807) is 0 Å². The third-order valence-corrected chi connectivity index (χ3v) is 3.47. The normalized spacial score (nSPS) is 12.5. The van der Waals surface area contributed by atoms with Crippen molar-refractivity contribution in [1.82, 2.24) is 0 Å². The molecule has 0 bridgehead atoms. The third kappa shape index (κ3) is 5.18. The highest BCUT2D eigenvalue weighted by Crippen LogP contribution is 2.23. The van der Waals surface area contributed by atoms with E-state index in [4.69, 9.17) is 27.9 Å². The second-order valence-corrected chi connectivity index (χ2v) is 5.11. The lowest BCUT2D eigenvalue weighted by Crippen LogP contribution is -2.05. The van der Waals surface area contributed by atoms with Gasteiger partial charge in [0.15, 0.2) is 0 Å². The van der Waals surface area contributed by atoms with E-state index in [2.05, 4.69) is 13.8 Å². The maximum Gasteiger partial charge on any atom is 0.119 e. The summed E-state index contributed by atoms with van der Waals surface area (Å²) in [7, 11) is 0. The van der Waals surface area contributed by atoms with Crippen LogP contribution in [0.3, 0.4) is 0 Å². The summed E-state index contributed by atoms with van der Waals surface area (Å²) in [6.07, 6.45) is 3.02. The summed E-state index contributed by atoms with van der Waals surface area (Å²) < 4.78 is 5.72. The highest BCUT2D eigenvalue weighted by Gasteiger charge is 2.03. The fraction of sp³-hybridized carbons (Fsp3) is 0.571. The molecule has 3 heteroatoms. The first-order valence-corrected chi connectivity index (χ1v) is 7.05. The van der Waals surface area contributed by atoms with Crippen molar-refractivity contribution in [1.29, 1.82) is 0 Å². The molecule has 0 aromatic heterocycles. The summed E-state index contributed by atoms with van der Waals surface area (Å²) in [5.41, 5.74) is 1.14. The largest absolute Gasteiger partial charge is 0.494 e. The molecule has 1 unspecified atom stereocenters. The molecular formula is C14H20Cl2O. The summed E-state index contributed by atoms with van der Waals surface area (Å²) in [6, 6.07) is 5.85. The van der Waals surface area contributed by atoms with Crippen LogP contribution >= 0.6 is 23.2 Å². The fourth-order valence-corrected chi connectivity index (χ4v) is 2.24. The van der Waals surface area contributed by atoms with Crippen LogP contribution in [0.4, 0.5) is 0 Å². The number of rotatable bonds is 7. The Morgan fingerprint density at radius 1 is 1.29 bits per heavy atom. The van der Waals surface area contributed by atoms with Gasteiger partial charge in [-0.05, 0) is 48.9 Å². The van der Waals surface area contributed by atoms with E-state index in [0.29, 0.717) is 5.92 Å². The van der Waals surface area contributed by atoms with Gasteiger partial charge in [0.05, 0.1) is 6.61 Å². The van der Waals surface area contributed by atoms with Gasteiger partial charge in [-0.15, -0.1) is 11.6 Å². The molecule has 0 aliphatic heterocycles. The molecule has 0 aliphatic rings. The zero-order valence-electron chi connectivity index (χ0n) is 10.5. The molecule has 1 aromatic carbocycles. The first kappa shape index (κ1) is 14.7. The zero-order valence-corrected chi connectivity index (χ0v) is 12.0. The smallest absolute Gasteiger partial charge is 0.119 e. The SMILES string of the molecule is CCc1cc(OCCC(C)CCCl)ccc1Cl. The van der Waals surface area contributed by atoms with Gasteiger partial charge in [0, 0.05) is 10.9 Å². The quantitative estimate of drug-likeness (QED) is 0.641. The van der Waals surface area contributed by atoms with Crippen molar-refractivity contribution in [3.63, 3.8) is 0 Å². The molecule has 1 atom stereocenters. The summed E-state index contributed by atoms with van der Waals surface area (Å²) >= 11 is 11.7. The molecule has 0 fully saturated rings. The Labute approximate surface area is 114 Å². The van der Waals surface area contributed by atoms with Crippen molar-refractivity contribution < 1.29 is 4.74 Å². The highest BCUT2D eigenvalue weighted by atomic mass is 35.5. The predicted molar refractivity (Wildman–Crippen MR) is 75.4 cm³/mol. The molecular weight excluding hydrogens is 255 g/mol. The second-order valence-electron chi connectivity index (χ2n) is 4.33. The number of halogens is 2. The summed E-state index contributed by atoms with van der Waals surface area (Å²) in [5.74, 6) is 2.25. The minimum atomic E-state index is 0.616. The topological polar surface area (TPSA) is 9.23 Å². The molecule has 1 nitrogen and oxygen atoms in total. The van der Waals surface area contributed by atoms with Crippen molar-refractivity contribution in [2.75, 3.05) is 12.5 Å². The molecule has 0 saturated carbocycles. The summed E-state index contributed by atoms with van der Waals surface area (Å²) in [4.78, 5) is 0. The first-order chi connectivity index (χ1) is 8.17. The molecule has 1 rings (SSSR count). The number of hydrogen-bond acceptors (Lipinski definition) is 1. The molecule has 0 spiro atoms. The van der Waals surface area contributed by atoms with Crippen LogP contribution in [-0.2, 0) is 6.42 Å². The number of alkyl halides is 1. The van der Waals surface area contributed by atoms with Gasteiger partial charge in [-0.2, -0.15) is 0 Å². The van der Waals surface area contributed by atoms with Crippen LogP contribution < -0.4 is 4.74 Å². The zero-order chi connectivity index (χ0) is 12.7. The van der Waals surface area contributed by atoms with E-state index >= 15 is 0 Å². The van der Waals surface area contributed by atoms with Gasteiger partial charge < -0.3 is 4.74 Å². The van der Waals surface area contributed by atoms with Crippen LogP contribution in [0.5, 0.6) is 5.75 Å². The summed E-state index contributed by atoms with van der Waals surface area (Å²) in [5, 5.41) is 0.815. The first-order valence-electron chi connectivity index (χ1n) is 6.14. The van der Waals surface area contributed by atoms with Crippen LogP contribution in [0.25, 0.3) is 0 Å². The molecule has 0 amide bonds. The van der Waals surface area contributed by atoms with Crippen molar-refractivity contribution in [2.45, 2.75) is 33.1 Å². The maximum absolute atomic E-state index is 6.05. The number of ether oxygens (including phenoxy) is 1. The monoisotopic (exact) mass is 274 g/mol. The predicted octanol–water partition coefficient (Wildman–Crippen LogP) is 4.94. The van der Waals surface area contributed by atoms with Crippen LogP contribution in [0.2, 0.25) is 5.02 Å². The molecule has 1 aromatic rings. The van der Waals surface area contributed by atoms with Crippen LogP contribution in [0.1, 0.15) is 32.3 Å². The highest BCUT2D eigenvalue weighted by molar-refractivity contribution is 6.31. The van der Waals surface area contributed by atoms with Gasteiger partial charge in [0.1, 0.15) is 5.75 Å². The van der Waals surface area contributed by atoms with Crippen molar-refractivity contribution in [2.24, 2.45) is 5.92 Å². The van der Waals surface area contributed by atoms with Crippen LogP contribution in [0, 0.1) is 5.92 Å². The molecule has 0 heterocycles. The average Bonchev–Trinajstić information content (AvgIpc) is 2.31. The van der Waals surface area contributed by atoms with E-state index in [1.165, 1.54) is 0 Å². The van der Waals surface area contributed by atoms with Crippen LogP contribution in [-0.4, -0.2) is 12.5 Å². The Bertz CT molecular complexity index is 339. The molecule has 17 heavy (non-hydrogen) atoms. The Morgan fingerprint density at radius 3 is 2.71 bits per heavy atom. The average molecular weight is 275 g/mol. The summed E-state index contributed by atoms with van der Waals surface area (Å²) in [6.45, 7) is 5.03. The van der Waals surface area contributed by atoms with E-state index in [0.717, 1.165) is 48.1 Å². The molecule has 0 N–H and O–H groups in total. The van der Waals surface area contributed by atoms with Crippen molar-refractivity contribution in [3.05, 3.63) is 28.8 Å². The molecule has 0 saturated heterocycles.